The van der Waals surface area contributed by atoms with Crippen LogP contribution in [0.2, 0.25) is 0 Å². The molecule has 1 N–H and O–H groups in total. The summed E-state index contributed by atoms with van der Waals surface area (Å²) in [6.07, 6.45) is 3.45. The first-order valence-corrected chi connectivity index (χ1v) is 9.63. The minimum atomic E-state index is -0.143. The second-order valence-corrected chi connectivity index (χ2v) is 8.47. The van der Waals surface area contributed by atoms with E-state index in [1.54, 1.807) is 7.05 Å². The summed E-state index contributed by atoms with van der Waals surface area (Å²) in [5.74, 6) is 1.84. The van der Waals surface area contributed by atoms with Gasteiger partial charge in [-0.25, -0.2) is 0 Å². The van der Waals surface area contributed by atoms with Gasteiger partial charge in [0.15, 0.2) is 4.34 Å². The highest BCUT2D eigenvalue weighted by Gasteiger charge is 2.33. The summed E-state index contributed by atoms with van der Waals surface area (Å²) in [4.78, 5) is 12.1. The standard InChI is InChI=1S/C15H25N3O2S2/c1-9(2)11-6-5-10(3)7-12(11)20-13(19)8-21-15-18-17-14(16-4)22-15/h9-12H,5-8H2,1-4H3,(H,16,17)/t10-,11+,12+/m0/s1. The normalized spacial score (nSPS) is 25.2. The summed E-state index contributed by atoms with van der Waals surface area (Å²) in [5, 5.41) is 11.7. The number of esters is 1. The van der Waals surface area contributed by atoms with E-state index in [0.29, 0.717) is 23.5 Å². The van der Waals surface area contributed by atoms with E-state index < -0.39 is 0 Å². The van der Waals surface area contributed by atoms with Crippen LogP contribution in [0.3, 0.4) is 0 Å². The molecule has 1 saturated carbocycles. The van der Waals surface area contributed by atoms with E-state index in [-0.39, 0.29) is 12.1 Å². The molecule has 0 amide bonds. The molecule has 3 atom stereocenters. The number of hydrogen-bond donors (Lipinski definition) is 1. The number of hydrogen-bond acceptors (Lipinski definition) is 7. The molecule has 0 saturated heterocycles. The van der Waals surface area contributed by atoms with Crippen LogP contribution in [-0.2, 0) is 9.53 Å². The Kier molecular flexibility index (Phi) is 6.50. The molecule has 0 radical (unpaired) electrons. The van der Waals surface area contributed by atoms with Crippen LogP contribution in [0.4, 0.5) is 5.13 Å². The molecule has 1 aliphatic carbocycles. The summed E-state index contributed by atoms with van der Waals surface area (Å²) in [6.45, 7) is 6.68. The van der Waals surface area contributed by atoms with Crippen molar-refractivity contribution in [3.63, 3.8) is 0 Å². The average molecular weight is 344 g/mol. The number of nitrogens with zero attached hydrogens (tertiary/aromatic N) is 2. The highest BCUT2D eigenvalue weighted by Crippen LogP contribution is 2.35. The lowest BCUT2D eigenvalue weighted by Gasteiger charge is -2.36. The molecule has 2 rings (SSSR count). The number of thioether (sulfide) groups is 1. The SMILES string of the molecule is CNc1nnc(SCC(=O)O[C@@H]2C[C@@H](C)CC[C@@H]2C(C)C)s1. The Morgan fingerprint density at radius 2 is 2.23 bits per heavy atom. The van der Waals surface area contributed by atoms with Crippen molar-refractivity contribution in [3.05, 3.63) is 0 Å². The van der Waals surface area contributed by atoms with E-state index >= 15 is 0 Å². The third-order valence-corrected chi connectivity index (χ3v) is 6.23. The maximum absolute atomic E-state index is 12.1. The summed E-state index contributed by atoms with van der Waals surface area (Å²) in [7, 11) is 1.81. The number of ether oxygens (including phenoxy) is 1. The lowest BCUT2D eigenvalue weighted by atomic mass is 9.75. The van der Waals surface area contributed by atoms with Gasteiger partial charge in [-0.2, -0.15) is 0 Å². The number of carbonyl (C=O) groups excluding carboxylic acids is 1. The Hall–Kier alpha value is -0.820. The largest absolute Gasteiger partial charge is 0.461 e. The van der Waals surface area contributed by atoms with Crippen LogP contribution in [0, 0.1) is 17.8 Å². The van der Waals surface area contributed by atoms with Gasteiger partial charge in [-0.15, -0.1) is 10.2 Å². The van der Waals surface area contributed by atoms with Gasteiger partial charge in [0.1, 0.15) is 6.10 Å². The molecular formula is C15H25N3O2S2. The van der Waals surface area contributed by atoms with Crippen molar-refractivity contribution in [1.29, 1.82) is 0 Å². The molecule has 0 bridgehead atoms. The Labute approximate surface area is 140 Å². The van der Waals surface area contributed by atoms with Crippen molar-refractivity contribution >= 4 is 34.2 Å². The van der Waals surface area contributed by atoms with Crippen LogP contribution in [0.15, 0.2) is 4.34 Å². The topological polar surface area (TPSA) is 64.1 Å². The van der Waals surface area contributed by atoms with Gasteiger partial charge in [-0.1, -0.05) is 50.3 Å². The van der Waals surface area contributed by atoms with E-state index in [9.17, 15) is 4.79 Å². The zero-order valence-corrected chi connectivity index (χ0v) is 15.3. The van der Waals surface area contributed by atoms with Crippen molar-refractivity contribution in [2.45, 2.75) is 50.5 Å². The minimum Gasteiger partial charge on any atom is -0.461 e. The molecule has 22 heavy (non-hydrogen) atoms. The molecule has 5 nitrogen and oxygen atoms in total. The molecule has 0 unspecified atom stereocenters. The van der Waals surface area contributed by atoms with Gasteiger partial charge in [0.2, 0.25) is 5.13 Å². The summed E-state index contributed by atoms with van der Waals surface area (Å²) >= 11 is 2.84. The van der Waals surface area contributed by atoms with Crippen LogP contribution in [0.1, 0.15) is 40.0 Å². The van der Waals surface area contributed by atoms with Crippen LogP contribution >= 0.6 is 23.1 Å². The zero-order valence-electron chi connectivity index (χ0n) is 13.7. The van der Waals surface area contributed by atoms with Crippen molar-refractivity contribution in [2.75, 3.05) is 18.1 Å². The molecule has 0 spiro atoms. The second-order valence-electron chi connectivity index (χ2n) is 6.27. The van der Waals surface area contributed by atoms with Crippen LogP contribution < -0.4 is 5.32 Å². The molecule has 1 aliphatic rings. The number of nitrogens with one attached hydrogen (secondary N) is 1. The Balaban J connectivity index is 1.84. The van der Waals surface area contributed by atoms with Crippen molar-refractivity contribution in [3.8, 4) is 0 Å². The number of aromatic nitrogens is 2. The Bertz CT molecular complexity index is 493. The maximum Gasteiger partial charge on any atom is 0.316 e. The van der Waals surface area contributed by atoms with Crippen molar-refractivity contribution < 1.29 is 9.53 Å². The van der Waals surface area contributed by atoms with Crippen LogP contribution in [-0.4, -0.2) is 35.1 Å². The quantitative estimate of drug-likeness (QED) is 0.628. The second kappa shape index (κ2) is 8.15. The van der Waals surface area contributed by atoms with Crippen LogP contribution in [0.5, 0.6) is 0 Å². The number of rotatable bonds is 6. The smallest absolute Gasteiger partial charge is 0.316 e. The summed E-state index contributed by atoms with van der Waals surface area (Å²) in [5.41, 5.74) is 0. The van der Waals surface area contributed by atoms with E-state index in [0.717, 1.165) is 22.3 Å². The van der Waals surface area contributed by atoms with Gasteiger partial charge in [0.05, 0.1) is 5.75 Å². The fourth-order valence-electron chi connectivity index (χ4n) is 2.94. The van der Waals surface area contributed by atoms with Gasteiger partial charge >= 0.3 is 5.97 Å². The van der Waals surface area contributed by atoms with Crippen molar-refractivity contribution in [1.82, 2.24) is 10.2 Å². The first kappa shape index (κ1) is 17.5. The van der Waals surface area contributed by atoms with Crippen LogP contribution in [0.25, 0.3) is 0 Å². The highest BCUT2D eigenvalue weighted by molar-refractivity contribution is 8.01. The molecular weight excluding hydrogens is 318 g/mol. The first-order chi connectivity index (χ1) is 10.5. The number of carbonyl (C=O) groups is 1. The molecule has 1 aromatic rings. The molecule has 1 heterocycles. The maximum atomic E-state index is 12.1. The predicted molar refractivity (Wildman–Crippen MR) is 91.4 cm³/mol. The molecule has 1 fully saturated rings. The van der Waals surface area contributed by atoms with Gasteiger partial charge in [0, 0.05) is 7.05 Å². The van der Waals surface area contributed by atoms with Gasteiger partial charge in [-0.05, 0) is 30.6 Å². The molecule has 7 heteroatoms. The fourth-order valence-corrected chi connectivity index (χ4v) is 4.43. The molecule has 0 aliphatic heterocycles. The van der Waals surface area contributed by atoms with Crippen molar-refractivity contribution in [2.24, 2.45) is 17.8 Å². The Morgan fingerprint density at radius 3 is 2.86 bits per heavy atom. The number of anilines is 1. The molecule has 1 aromatic heterocycles. The first-order valence-electron chi connectivity index (χ1n) is 7.83. The van der Waals surface area contributed by atoms with E-state index in [2.05, 4.69) is 36.3 Å². The summed E-state index contributed by atoms with van der Waals surface area (Å²) in [6, 6.07) is 0. The molecule has 0 aromatic carbocycles. The minimum absolute atomic E-state index is 0.0686. The zero-order chi connectivity index (χ0) is 16.1. The van der Waals surface area contributed by atoms with Gasteiger partial charge in [-0.3, -0.25) is 4.79 Å². The summed E-state index contributed by atoms with van der Waals surface area (Å²) < 4.78 is 6.56. The van der Waals surface area contributed by atoms with Gasteiger partial charge < -0.3 is 10.1 Å². The fraction of sp³-hybridized carbons (Fsp3) is 0.800. The third-order valence-electron chi connectivity index (χ3n) is 4.18. The lowest BCUT2D eigenvalue weighted by molar-refractivity contribution is -0.152. The van der Waals surface area contributed by atoms with E-state index in [1.807, 2.05) is 0 Å². The Morgan fingerprint density at radius 1 is 1.45 bits per heavy atom. The average Bonchev–Trinajstić information content (AvgIpc) is 2.93. The monoisotopic (exact) mass is 343 g/mol. The highest BCUT2D eigenvalue weighted by atomic mass is 32.2. The third kappa shape index (κ3) is 4.84. The van der Waals surface area contributed by atoms with E-state index in [1.165, 1.54) is 29.5 Å². The predicted octanol–water partition coefficient (Wildman–Crippen LogP) is 3.68. The van der Waals surface area contributed by atoms with Gasteiger partial charge in [0.25, 0.3) is 0 Å². The molecule has 124 valence electrons. The van der Waals surface area contributed by atoms with E-state index in [4.69, 9.17) is 4.74 Å². The lowest BCUT2D eigenvalue weighted by Crippen LogP contribution is -2.36.